The van der Waals surface area contributed by atoms with Gasteiger partial charge in [-0.05, 0) is 25.0 Å². The summed E-state index contributed by atoms with van der Waals surface area (Å²) in [5, 5.41) is 9.09. The van der Waals surface area contributed by atoms with Crippen LogP contribution in [0.3, 0.4) is 0 Å². The largest absolute Gasteiger partial charge is 0.497 e. The van der Waals surface area contributed by atoms with Crippen LogP contribution in [0, 0.1) is 0 Å². The van der Waals surface area contributed by atoms with Crippen molar-refractivity contribution in [2.24, 2.45) is 5.73 Å². The van der Waals surface area contributed by atoms with Gasteiger partial charge in [-0.15, -0.1) is 10.2 Å². The predicted octanol–water partition coefficient (Wildman–Crippen LogP) is 2.02. The lowest BCUT2D eigenvalue weighted by Gasteiger charge is -2.10. The van der Waals surface area contributed by atoms with Crippen LogP contribution < -0.4 is 15.2 Å². The Labute approximate surface area is 161 Å². The van der Waals surface area contributed by atoms with E-state index in [4.69, 9.17) is 15.2 Å². The maximum absolute atomic E-state index is 12.7. The van der Waals surface area contributed by atoms with E-state index in [9.17, 15) is 9.59 Å². The van der Waals surface area contributed by atoms with Crippen LogP contribution >= 0.6 is 11.8 Å². The van der Waals surface area contributed by atoms with Crippen molar-refractivity contribution in [1.82, 2.24) is 14.8 Å². The van der Waals surface area contributed by atoms with Crippen LogP contribution in [0.2, 0.25) is 0 Å². The molecule has 0 unspecified atom stereocenters. The summed E-state index contributed by atoms with van der Waals surface area (Å²) in [7, 11) is 3.07. The molecular formula is C18H22N4O4S. The molecule has 1 fully saturated rings. The van der Waals surface area contributed by atoms with Gasteiger partial charge in [0, 0.05) is 24.9 Å². The van der Waals surface area contributed by atoms with Gasteiger partial charge in [0.25, 0.3) is 0 Å². The van der Waals surface area contributed by atoms with Gasteiger partial charge in [0.05, 0.1) is 25.5 Å². The predicted molar refractivity (Wildman–Crippen MR) is 100 cm³/mol. The molecule has 1 amide bonds. The Kier molecular flexibility index (Phi) is 6.00. The quantitative estimate of drug-likeness (QED) is 0.488. The average Bonchev–Trinajstić information content (AvgIpc) is 3.44. The van der Waals surface area contributed by atoms with Crippen molar-refractivity contribution in [3.63, 3.8) is 0 Å². The second-order valence-corrected chi connectivity index (χ2v) is 7.20. The molecule has 2 aromatic rings. The standard InChI is InChI=1S/C18H22N4O4S/c1-25-12-5-6-13(15(9-12)26-2)14(23)10-27-18-21-20-17(11-3-4-11)22(18)8-7-16(19)24/h5-6,9,11H,3-4,7-8,10H2,1-2H3,(H2,19,24). The second-order valence-electron chi connectivity index (χ2n) is 6.26. The van der Waals surface area contributed by atoms with E-state index >= 15 is 0 Å². The Morgan fingerprint density at radius 2 is 2.04 bits per heavy atom. The summed E-state index contributed by atoms with van der Waals surface area (Å²) >= 11 is 1.30. The van der Waals surface area contributed by atoms with Crippen LogP contribution in [0.15, 0.2) is 23.4 Å². The number of benzene rings is 1. The number of nitrogens with two attached hydrogens (primary N) is 1. The highest BCUT2D eigenvalue weighted by atomic mass is 32.2. The molecule has 0 spiro atoms. The first kappa shape index (κ1) is 19.2. The molecule has 9 heteroatoms. The maximum atomic E-state index is 12.7. The molecule has 1 aromatic heterocycles. The van der Waals surface area contributed by atoms with E-state index in [0.29, 0.717) is 34.7 Å². The molecule has 1 heterocycles. The summed E-state index contributed by atoms with van der Waals surface area (Å²) in [5.41, 5.74) is 5.76. The molecule has 0 aliphatic heterocycles. The summed E-state index contributed by atoms with van der Waals surface area (Å²) < 4.78 is 12.4. The first-order valence-corrected chi connectivity index (χ1v) is 9.61. The van der Waals surface area contributed by atoms with Crippen LogP contribution in [0.5, 0.6) is 11.5 Å². The molecular weight excluding hydrogens is 368 g/mol. The van der Waals surface area contributed by atoms with E-state index in [0.717, 1.165) is 18.7 Å². The number of hydrogen-bond acceptors (Lipinski definition) is 7. The molecule has 0 bridgehead atoms. The smallest absolute Gasteiger partial charge is 0.219 e. The SMILES string of the molecule is COc1ccc(C(=O)CSc2nnc(C3CC3)n2CCC(N)=O)c(OC)c1. The number of amides is 1. The number of thioether (sulfide) groups is 1. The second kappa shape index (κ2) is 8.43. The molecule has 144 valence electrons. The summed E-state index contributed by atoms with van der Waals surface area (Å²) in [6.07, 6.45) is 2.36. The van der Waals surface area contributed by atoms with Crippen molar-refractivity contribution in [1.29, 1.82) is 0 Å². The molecule has 1 saturated carbocycles. The zero-order chi connectivity index (χ0) is 19.4. The lowest BCUT2D eigenvalue weighted by atomic mass is 10.1. The number of Topliss-reactive ketones (excluding diaryl/α,β-unsaturated/α-hetero) is 1. The zero-order valence-corrected chi connectivity index (χ0v) is 16.1. The van der Waals surface area contributed by atoms with Crippen LogP contribution in [0.25, 0.3) is 0 Å². The molecule has 2 N–H and O–H groups in total. The Hall–Kier alpha value is -2.55. The highest BCUT2D eigenvalue weighted by Gasteiger charge is 2.30. The minimum absolute atomic E-state index is 0.0862. The number of methoxy groups -OCH3 is 2. The normalized spacial score (nSPS) is 13.4. The van der Waals surface area contributed by atoms with Gasteiger partial charge in [-0.3, -0.25) is 9.59 Å². The third-order valence-electron chi connectivity index (χ3n) is 4.31. The van der Waals surface area contributed by atoms with Gasteiger partial charge in [-0.2, -0.15) is 0 Å². The van der Waals surface area contributed by atoms with Gasteiger partial charge in [0.1, 0.15) is 17.3 Å². The average molecular weight is 390 g/mol. The fourth-order valence-corrected chi connectivity index (χ4v) is 3.57. The number of ether oxygens (including phenoxy) is 2. The fourth-order valence-electron chi connectivity index (χ4n) is 2.72. The topological polar surface area (TPSA) is 109 Å². The van der Waals surface area contributed by atoms with Crippen molar-refractivity contribution in [2.45, 2.75) is 36.9 Å². The lowest BCUT2D eigenvalue weighted by Crippen LogP contribution is -2.16. The highest BCUT2D eigenvalue weighted by Crippen LogP contribution is 2.40. The highest BCUT2D eigenvalue weighted by molar-refractivity contribution is 7.99. The minimum atomic E-state index is -0.375. The molecule has 1 aromatic carbocycles. The van der Waals surface area contributed by atoms with E-state index in [1.54, 1.807) is 25.3 Å². The molecule has 1 aliphatic carbocycles. The number of ketones is 1. The van der Waals surface area contributed by atoms with E-state index in [2.05, 4.69) is 10.2 Å². The van der Waals surface area contributed by atoms with Gasteiger partial charge in [-0.25, -0.2) is 0 Å². The van der Waals surface area contributed by atoms with Crippen LogP contribution in [-0.2, 0) is 11.3 Å². The van der Waals surface area contributed by atoms with Crippen LogP contribution in [0.4, 0.5) is 0 Å². The Morgan fingerprint density at radius 3 is 2.67 bits per heavy atom. The third kappa shape index (κ3) is 4.60. The molecule has 0 atom stereocenters. The van der Waals surface area contributed by atoms with Gasteiger partial charge in [0.2, 0.25) is 5.91 Å². The number of carbonyl (C=O) groups excluding carboxylic acids is 2. The molecule has 0 saturated heterocycles. The van der Waals surface area contributed by atoms with Crippen molar-refractivity contribution < 1.29 is 19.1 Å². The van der Waals surface area contributed by atoms with Gasteiger partial charge >= 0.3 is 0 Å². The van der Waals surface area contributed by atoms with Crippen molar-refractivity contribution in [3.8, 4) is 11.5 Å². The lowest BCUT2D eigenvalue weighted by molar-refractivity contribution is -0.118. The molecule has 3 rings (SSSR count). The zero-order valence-electron chi connectivity index (χ0n) is 15.3. The summed E-state index contributed by atoms with van der Waals surface area (Å²) in [6, 6.07) is 5.09. The number of primary amides is 1. The molecule has 1 aliphatic rings. The van der Waals surface area contributed by atoms with Crippen molar-refractivity contribution in [3.05, 3.63) is 29.6 Å². The third-order valence-corrected chi connectivity index (χ3v) is 5.28. The van der Waals surface area contributed by atoms with E-state index in [1.165, 1.54) is 18.9 Å². The Morgan fingerprint density at radius 1 is 1.26 bits per heavy atom. The Balaban J connectivity index is 1.72. The van der Waals surface area contributed by atoms with Crippen LogP contribution in [0.1, 0.15) is 41.4 Å². The fraction of sp³-hybridized carbons (Fsp3) is 0.444. The molecule has 0 radical (unpaired) electrons. The first-order chi connectivity index (χ1) is 13.0. The molecule has 8 nitrogen and oxygen atoms in total. The van der Waals surface area contributed by atoms with E-state index in [1.807, 2.05) is 4.57 Å². The summed E-state index contributed by atoms with van der Waals surface area (Å²) in [4.78, 5) is 23.8. The number of hydrogen-bond donors (Lipinski definition) is 1. The Bertz CT molecular complexity index is 848. The maximum Gasteiger partial charge on any atom is 0.219 e. The number of aromatic nitrogens is 3. The number of rotatable bonds is 10. The van der Waals surface area contributed by atoms with Gasteiger partial charge in [-0.1, -0.05) is 11.8 Å². The van der Waals surface area contributed by atoms with Crippen LogP contribution in [-0.4, -0.2) is 46.4 Å². The van der Waals surface area contributed by atoms with E-state index < -0.39 is 0 Å². The van der Waals surface area contributed by atoms with E-state index in [-0.39, 0.29) is 23.9 Å². The first-order valence-electron chi connectivity index (χ1n) is 8.63. The number of nitrogens with zero attached hydrogens (tertiary/aromatic N) is 3. The van der Waals surface area contributed by atoms with Crippen molar-refractivity contribution >= 4 is 23.5 Å². The minimum Gasteiger partial charge on any atom is -0.497 e. The summed E-state index contributed by atoms with van der Waals surface area (Å²) in [6.45, 7) is 0.427. The summed E-state index contributed by atoms with van der Waals surface area (Å²) in [5.74, 6) is 2.06. The number of carbonyl (C=O) groups is 2. The monoisotopic (exact) mass is 390 g/mol. The van der Waals surface area contributed by atoms with Gasteiger partial charge < -0.3 is 19.8 Å². The van der Waals surface area contributed by atoms with Gasteiger partial charge in [0.15, 0.2) is 10.9 Å². The molecule has 27 heavy (non-hydrogen) atoms. The van der Waals surface area contributed by atoms with Crippen molar-refractivity contribution in [2.75, 3.05) is 20.0 Å².